The molecule has 0 unspecified atom stereocenters. The number of H-pyrrole nitrogens is 1. The Hall–Kier alpha value is -3.15. The Balaban J connectivity index is 1.75. The third-order valence-corrected chi connectivity index (χ3v) is 3.90. The van der Waals surface area contributed by atoms with Crippen LogP contribution in [0.4, 0.5) is 15.9 Å². The molecular formula is C18H16FN5. The summed E-state index contributed by atoms with van der Waals surface area (Å²) in [5, 5.41) is 9.01. The van der Waals surface area contributed by atoms with Crippen molar-refractivity contribution >= 4 is 17.3 Å². The molecule has 5 nitrogen and oxygen atoms in total. The first-order valence-corrected chi connectivity index (χ1v) is 7.68. The summed E-state index contributed by atoms with van der Waals surface area (Å²) in [6.45, 7) is 2.60. The number of hydrogen-bond donors (Lipinski definition) is 2. The van der Waals surface area contributed by atoms with Gasteiger partial charge in [0.05, 0.1) is 12.2 Å². The smallest absolute Gasteiger partial charge is 0.176 e. The predicted molar refractivity (Wildman–Crippen MR) is 91.7 cm³/mol. The third-order valence-electron chi connectivity index (χ3n) is 3.90. The first kappa shape index (κ1) is 14.4. The second-order valence-corrected chi connectivity index (χ2v) is 5.70. The van der Waals surface area contributed by atoms with Crippen molar-refractivity contribution in [1.29, 1.82) is 0 Å². The second kappa shape index (κ2) is 5.81. The fraction of sp³-hybridized carbons (Fsp3) is 0.111. The van der Waals surface area contributed by atoms with Gasteiger partial charge in [0.1, 0.15) is 5.82 Å². The van der Waals surface area contributed by atoms with E-state index in [1.807, 2.05) is 36.2 Å². The molecule has 1 aromatic heterocycles. The second-order valence-electron chi connectivity index (χ2n) is 5.70. The molecule has 120 valence electrons. The topological polar surface area (TPSA) is 56.3 Å². The standard InChI is InChI=1S/C18H16FN5/c1-12-10-17(22-21-12)20-18-16-5-3-2-4-13(16)11-24(23-18)15-8-6-14(19)7-9-15/h2-10H,11H2,1H3,(H2,20,21,22,23). The van der Waals surface area contributed by atoms with Gasteiger partial charge in [0.25, 0.3) is 0 Å². The van der Waals surface area contributed by atoms with Gasteiger partial charge in [-0.1, -0.05) is 24.3 Å². The lowest BCUT2D eigenvalue weighted by Crippen LogP contribution is -2.46. The van der Waals surface area contributed by atoms with Crippen LogP contribution in [0.1, 0.15) is 16.8 Å². The van der Waals surface area contributed by atoms with E-state index < -0.39 is 0 Å². The first-order chi connectivity index (χ1) is 11.7. The molecular weight excluding hydrogens is 305 g/mol. The molecule has 0 radical (unpaired) electrons. The molecule has 1 aliphatic heterocycles. The Morgan fingerprint density at radius 2 is 1.92 bits per heavy atom. The number of anilines is 1. The minimum absolute atomic E-state index is 0.253. The number of aromatic amines is 1. The summed E-state index contributed by atoms with van der Waals surface area (Å²) in [5.41, 5.74) is 7.32. The van der Waals surface area contributed by atoms with E-state index in [0.717, 1.165) is 22.5 Å². The fourth-order valence-corrected chi connectivity index (χ4v) is 2.72. The van der Waals surface area contributed by atoms with Crippen LogP contribution in [-0.2, 0) is 6.54 Å². The number of aliphatic imine (C=N–C) groups is 1. The number of benzene rings is 2. The predicted octanol–water partition coefficient (Wildman–Crippen LogP) is 3.46. The number of aryl methyl sites for hydroxylation is 1. The zero-order chi connectivity index (χ0) is 16.5. The molecule has 0 atom stereocenters. The molecule has 2 N–H and O–H groups in total. The summed E-state index contributed by atoms with van der Waals surface area (Å²) >= 11 is 0. The van der Waals surface area contributed by atoms with Gasteiger partial charge in [-0.15, -0.1) is 0 Å². The van der Waals surface area contributed by atoms with Crippen LogP contribution in [0.5, 0.6) is 0 Å². The lowest BCUT2D eigenvalue weighted by atomic mass is 10.0. The van der Waals surface area contributed by atoms with E-state index in [1.54, 1.807) is 12.1 Å². The van der Waals surface area contributed by atoms with Gasteiger partial charge in [0.2, 0.25) is 0 Å². The highest BCUT2D eigenvalue weighted by atomic mass is 19.1. The van der Waals surface area contributed by atoms with Crippen molar-refractivity contribution in [3.05, 3.63) is 77.2 Å². The van der Waals surface area contributed by atoms with Gasteiger partial charge in [-0.3, -0.25) is 15.5 Å². The number of nitrogens with one attached hydrogen (secondary N) is 2. The number of fused-ring (bicyclic) bond motifs is 1. The Kier molecular flexibility index (Phi) is 3.49. The summed E-state index contributed by atoms with van der Waals surface area (Å²) in [6.07, 6.45) is 0. The van der Waals surface area contributed by atoms with Crippen molar-refractivity contribution in [2.24, 2.45) is 4.99 Å². The van der Waals surface area contributed by atoms with Crippen LogP contribution in [0, 0.1) is 12.7 Å². The Bertz CT molecular complexity index is 898. The molecule has 2 aromatic carbocycles. The minimum atomic E-state index is -0.253. The van der Waals surface area contributed by atoms with Crippen LogP contribution in [0.2, 0.25) is 0 Å². The van der Waals surface area contributed by atoms with Crippen molar-refractivity contribution in [2.45, 2.75) is 13.5 Å². The van der Waals surface area contributed by atoms with Gasteiger partial charge < -0.3 is 0 Å². The Morgan fingerprint density at radius 3 is 2.67 bits per heavy atom. The molecule has 0 saturated carbocycles. The summed E-state index contributed by atoms with van der Waals surface area (Å²) in [5.74, 6) is 1.08. The van der Waals surface area contributed by atoms with E-state index in [0.29, 0.717) is 18.2 Å². The SMILES string of the molecule is Cc1cc(N=C2NN(c3ccc(F)cc3)Cc3ccccc32)n[nH]1. The number of hydrogen-bond acceptors (Lipinski definition) is 3. The van der Waals surface area contributed by atoms with Gasteiger partial charge in [-0.05, 0) is 36.8 Å². The van der Waals surface area contributed by atoms with Crippen molar-refractivity contribution in [1.82, 2.24) is 15.6 Å². The van der Waals surface area contributed by atoms with E-state index in [4.69, 9.17) is 0 Å². The van der Waals surface area contributed by atoms with E-state index in [1.165, 1.54) is 12.1 Å². The molecule has 0 fully saturated rings. The minimum Gasteiger partial charge on any atom is -0.282 e. The maximum Gasteiger partial charge on any atom is 0.176 e. The zero-order valence-electron chi connectivity index (χ0n) is 13.1. The molecule has 0 spiro atoms. The molecule has 3 aromatic rings. The lowest BCUT2D eigenvalue weighted by molar-refractivity contribution is 0.627. The lowest BCUT2D eigenvalue weighted by Gasteiger charge is -2.32. The molecule has 0 saturated heterocycles. The zero-order valence-corrected chi connectivity index (χ0v) is 13.1. The van der Waals surface area contributed by atoms with Crippen LogP contribution >= 0.6 is 0 Å². The largest absolute Gasteiger partial charge is 0.282 e. The summed E-state index contributed by atoms with van der Waals surface area (Å²) < 4.78 is 13.2. The van der Waals surface area contributed by atoms with Crippen LogP contribution in [0.15, 0.2) is 59.6 Å². The highest BCUT2D eigenvalue weighted by Gasteiger charge is 2.21. The molecule has 0 aliphatic carbocycles. The van der Waals surface area contributed by atoms with Crippen LogP contribution in [0.3, 0.4) is 0 Å². The summed E-state index contributed by atoms with van der Waals surface area (Å²) in [6, 6.07) is 16.4. The van der Waals surface area contributed by atoms with Gasteiger partial charge in [0, 0.05) is 17.3 Å². The Morgan fingerprint density at radius 1 is 1.12 bits per heavy atom. The van der Waals surface area contributed by atoms with Crippen molar-refractivity contribution in [2.75, 3.05) is 5.01 Å². The fourth-order valence-electron chi connectivity index (χ4n) is 2.72. The molecule has 0 amide bonds. The Labute approximate surface area is 138 Å². The number of amidine groups is 1. The number of aromatic nitrogens is 2. The highest BCUT2D eigenvalue weighted by Crippen LogP contribution is 2.23. The van der Waals surface area contributed by atoms with Crippen molar-refractivity contribution < 1.29 is 4.39 Å². The maximum absolute atomic E-state index is 13.2. The summed E-state index contributed by atoms with van der Waals surface area (Å²) in [7, 11) is 0. The molecule has 4 rings (SSSR count). The molecule has 2 heterocycles. The van der Waals surface area contributed by atoms with Crippen molar-refractivity contribution in [3.8, 4) is 0 Å². The monoisotopic (exact) mass is 321 g/mol. The molecule has 6 heteroatoms. The molecule has 0 bridgehead atoms. The van der Waals surface area contributed by atoms with E-state index in [9.17, 15) is 4.39 Å². The summed E-state index contributed by atoms with van der Waals surface area (Å²) in [4.78, 5) is 4.62. The van der Waals surface area contributed by atoms with Gasteiger partial charge in [-0.2, -0.15) is 5.10 Å². The van der Waals surface area contributed by atoms with E-state index >= 15 is 0 Å². The molecule has 1 aliphatic rings. The van der Waals surface area contributed by atoms with Crippen molar-refractivity contribution in [3.63, 3.8) is 0 Å². The van der Waals surface area contributed by atoms with Gasteiger partial charge in [-0.25, -0.2) is 9.38 Å². The quantitative estimate of drug-likeness (QED) is 0.760. The normalized spacial score (nSPS) is 15.2. The van der Waals surface area contributed by atoms with Crippen LogP contribution < -0.4 is 10.4 Å². The number of halogens is 1. The van der Waals surface area contributed by atoms with Crippen LogP contribution in [-0.4, -0.2) is 16.0 Å². The maximum atomic E-state index is 13.2. The average molecular weight is 321 g/mol. The highest BCUT2D eigenvalue weighted by molar-refractivity contribution is 6.03. The van der Waals surface area contributed by atoms with Gasteiger partial charge in [0.15, 0.2) is 11.7 Å². The number of hydrazine groups is 1. The number of rotatable bonds is 2. The molecule has 24 heavy (non-hydrogen) atoms. The van der Waals surface area contributed by atoms with Gasteiger partial charge >= 0.3 is 0 Å². The average Bonchev–Trinajstić information content (AvgIpc) is 3.00. The third kappa shape index (κ3) is 2.74. The first-order valence-electron chi connectivity index (χ1n) is 7.68. The number of nitrogens with zero attached hydrogens (tertiary/aromatic N) is 3. The van der Waals surface area contributed by atoms with Crippen LogP contribution in [0.25, 0.3) is 0 Å². The van der Waals surface area contributed by atoms with E-state index in [2.05, 4.69) is 26.7 Å². The van der Waals surface area contributed by atoms with E-state index in [-0.39, 0.29) is 5.82 Å².